The summed E-state index contributed by atoms with van der Waals surface area (Å²) in [6, 6.07) is 0. The van der Waals surface area contributed by atoms with Gasteiger partial charge < -0.3 is 0 Å². The Balaban J connectivity index is 1.55. The molecule has 0 aromatic rings. The van der Waals surface area contributed by atoms with E-state index in [0.29, 0.717) is 32.5 Å². The van der Waals surface area contributed by atoms with Crippen LogP contribution in [0.1, 0.15) is 132 Å². The molecule has 5 aliphatic rings. The average Bonchev–Trinajstić information content (AvgIpc) is 2.67. The van der Waals surface area contributed by atoms with E-state index in [2.05, 4.69) is 55.4 Å². The Kier molecular flexibility index (Phi) is 4.59. The van der Waals surface area contributed by atoms with Crippen LogP contribution >= 0.6 is 0 Å². The van der Waals surface area contributed by atoms with Gasteiger partial charge in [0, 0.05) is 0 Å². The fraction of sp³-hybridized carbons (Fsp3) is 1.00. The lowest BCUT2D eigenvalue weighted by Gasteiger charge is -2.75. The first-order valence-electron chi connectivity index (χ1n) is 13.8. The molecule has 172 valence electrons. The first-order valence-corrected chi connectivity index (χ1v) is 13.8. The molecule has 5 saturated carbocycles. The van der Waals surface area contributed by atoms with Crippen LogP contribution in [-0.4, -0.2) is 0 Å². The van der Waals surface area contributed by atoms with Crippen molar-refractivity contribution in [2.75, 3.05) is 0 Å². The lowest BCUT2D eigenvalue weighted by atomic mass is 9.30. The first kappa shape index (κ1) is 21.8. The normalized spacial score (nSPS) is 60.0. The molecule has 5 aliphatic carbocycles. The third-order valence-electron chi connectivity index (χ3n) is 13.8. The molecule has 0 N–H and O–H groups in total. The number of hydrogen-bond donors (Lipinski definition) is 0. The van der Waals surface area contributed by atoms with Crippen molar-refractivity contribution in [2.24, 2.45) is 56.2 Å². The molecule has 0 radical (unpaired) electrons. The van der Waals surface area contributed by atoms with Gasteiger partial charge in [0.2, 0.25) is 0 Å². The largest absolute Gasteiger partial charge is 0.0620 e. The van der Waals surface area contributed by atoms with Crippen LogP contribution in [0.4, 0.5) is 0 Å². The summed E-state index contributed by atoms with van der Waals surface area (Å²) >= 11 is 0. The second-order valence-corrected chi connectivity index (χ2v) is 15.4. The first-order chi connectivity index (χ1) is 13.8. The Bertz CT molecular complexity index is 705. The molecule has 0 amide bonds. The van der Waals surface area contributed by atoms with Crippen molar-refractivity contribution in [3.63, 3.8) is 0 Å². The van der Waals surface area contributed by atoms with Gasteiger partial charge in [-0.05, 0) is 120 Å². The number of rotatable bonds is 0. The lowest BCUT2D eigenvalue weighted by Crippen LogP contribution is -2.67. The Morgan fingerprint density at radius 3 is 1.90 bits per heavy atom. The van der Waals surface area contributed by atoms with Crippen LogP contribution in [0.5, 0.6) is 0 Å². The fourth-order valence-corrected chi connectivity index (χ4v) is 11.3. The predicted molar refractivity (Wildman–Crippen MR) is 129 cm³/mol. The van der Waals surface area contributed by atoms with Gasteiger partial charge in [0.15, 0.2) is 0 Å². The Hall–Kier alpha value is 0. The van der Waals surface area contributed by atoms with Crippen molar-refractivity contribution >= 4 is 0 Å². The highest BCUT2D eigenvalue weighted by molar-refractivity contribution is 5.19. The van der Waals surface area contributed by atoms with Crippen LogP contribution in [0, 0.1) is 56.2 Å². The zero-order chi connectivity index (χ0) is 21.8. The molecule has 0 saturated heterocycles. The smallest absolute Gasteiger partial charge is 0.0235 e. The minimum Gasteiger partial charge on any atom is -0.0620 e. The molecule has 0 nitrogen and oxygen atoms in total. The molecule has 0 aromatic carbocycles. The molecule has 0 spiro atoms. The van der Waals surface area contributed by atoms with Crippen molar-refractivity contribution in [3.05, 3.63) is 0 Å². The van der Waals surface area contributed by atoms with Crippen molar-refractivity contribution in [3.8, 4) is 0 Å². The highest BCUT2D eigenvalue weighted by Gasteiger charge is 2.70. The van der Waals surface area contributed by atoms with Gasteiger partial charge in [0.05, 0.1) is 0 Å². The van der Waals surface area contributed by atoms with Crippen molar-refractivity contribution in [1.82, 2.24) is 0 Å². The maximum atomic E-state index is 2.81. The highest BCUT2D eigenvalue weighted by Crippen LogP contribution is 2.78. The third-order valence-corrected chi connectivity index (χ3v) is 13.8. The van der Waals surface area contributed by atoms with Crippen LogP contribution in [0.2, 0.25) is 0 Å². The maximum absolute atomic E-state index is 2.81. The molecule has 5 fully saturated rings. The average molecular weight is 413 g/mol. The van der Waals surface area contributed by atoms with E-state index >= 15 is 0 Å². The van der Waals surface area contributed by atoms with E-state index in [9.17, 15) is 0 Å². The number of hydrogen-bond acceptors (Lipinski definition) is 0. The van der Waals surface area contributed by atoms with Crippen LogP contribution in [0.3, 0.4) is 0 Å². The van der Waals surface area contributed by atoms with Gasteiger partial charge in [0.25, 0.3) is 0 Å². The molecule has 30 heavy (non-hydrogen) atoms. The highest BCUT2D eigenvalue weighted by atomic mass is 14.7. The molecule has 5 rings (SSSR count). The van der Waals surface area contributed by atoms with E-state index in [1.807, 2.05) is 0 Å². The summed E-state index contributed by atoms with van der Waals surface area (Å²) in [5, 5.41) is 0. The predicted octanol–water partition coefficient (Wildman–Crippen LogP) is 9.28. The van der Waals surface area contributed by atoms with Crippen LogP contribution in [0.25, 0.3) is 0 Å². The second kappa shape index (κ2) is 6.32. The Labute approximate surface area is 188 Å². The third kappa shape index (κ3) is 2.58. The minimum atomic E-state index is 0.551. The van der Waals surface area contributed by atoms with Gasteiger partial charge in [-0.2, -0.15) is 0 Å². The Morgan fingerprint density at radius 1 is 0.533 bits per heavy atom. The minimum absolute atomic E-state index is 0.551. The summed E-state index contributed by atoms with van der Waals surface area (Å²) in [5.41, 5.74) is 3.48. The van der Waals surface area contributed by atoms with Crippen molar-refractivity contribution < 1.29 is 0 Å². The van der Waals surface area contributed by atoms with Gasteiger partial charge in [-0.1, -0.05) is 68.2 Å². The SMILES string of the molecule is C[C@H]1CCCC2[C@]3(C)CC[C@@]4(C)C5CC(C)(C)CC[C@]5(C)CC[C@]4(C)C3CC[C@@]21C. The van der Waals surface area contributed by atoms with E-state index in [4.69, 9.17) is 0 Å². The molecule has 3 unspecified atom stereocenters. The molecule has 0 aliphatic heterocycles. The lowest BCUT2D eigenvalue weighted by molar-refractivity contribution is -0.258. The van der Waals surface area contributed by atoms with Gasteiger partial charge in [-0.15, -0.1) is 0 Å². The molecule has 0 heteroatoms. The number of fused-ring (bicyclic) bond motifs is 7. The van der Waals surface area contributed by atoms with E-state index < -0.39 is 0 Å². The maximum Gasteiger partial charge on any atom is -0.0235 e. The molecule has 0 bridgehead atoms. The van der Waals surface area contributed by atoms with E-state index in [1.54, 1.807) is 0 Å². The monoisotopic (exact) mass is 412 g/mol. The molecule has 0 heterocycles. The summed E-state index contributed by atoms with van der Waals surface area (Å²) in [4.78, 5) is 0. The summed E-state index contributed by atoms with van der Waals surface area (Å²) in [7, 11) is 0. The summed E-state index contributed by atoms with van der Waals surface area (Å²) in [6.45, 7) is 21.6. The van der Waals surface area contributed by atoms with Gasteiger partial charge in [-0.3, -0.25) is 0 Å². The standard InChI is InChI=1S/C30H52/c1-21-10-9-11-22-27(21,5)13-12-23-28(22,6)17-19-30(8)24-20-25(2,3)14-15-26(24,4)16-18-29(23,30)7/h21-24H,9-20H2,1-8H3/t21-,22?,23?,24?,26+,27+,28-,29+,30-/m0/s1. The van der Waals surface area contributed by atoms with Crippen molar-refractivity contribution in [2.45, 2.75) is 132 Å². The molecular formula is C30H52. The molecule has 9 atom stereocenters. The Morgan fingerprint density at radius 2 is 1.17 bits per heavy atom. The fourth-order valence-electron chi connectivity index (χ4n) is 11.3. The molecular weight excluding hydrogens is 360 g/mol. The van der Waals surface area contributed by atoms with Gasteiger partial charge in [0.1, 0.15) is 0 Å². The van der Waals surface area contributed by atoms with E-state index in [-0.39, 0.29) is 0 Å². The van der Waals surface area contributed by atoms with Gasteiger partial charge >= 0.3 is 0 Å². The zero-order valence-corrected chi connectivity index (χ0v) is 21.8. The zero-order valence-electron chi connectivity index (χ0n) is 21.8. The summed E-state index contributed by atoms with van der Waals surface area (Å²) in [5.74, 6) is 3.81. The van der Waals surface area contributed by atoms with Crippen LogP contribution < -0.4 is 0 Å². The van der Waals surface area contributed by atoms with Crippen LogP contribution in [-0.2, 0) is 0 Å². The summed E-state index contributed by atoms with van der Waals surface area (Å²) < 4.78 is 0. The van der Waals surface area contributed by atoms with Crippen molar-refractivity contribution in [1.29, 1.82) is 0 Å². The van der Waals surface area contributed by atoms with E-state index in [0.717, 1.165) is 23.7 Å². The quantitative estimate of drug-likeness (QED) is 0.372. The summed E-state index contributed by atoms with van der Waals surface area (Å²) in [6.07, 6.45) is 18.0. The topological polar surface area (TPSA) is 0 Å². The van der Waals surface area contributed by atoms with Gasteiger partial charge in [-0.25, -0.2) is 0 Å². The molecule has 0 aromatic heterocycles. The van der Waals surface area contributed by atoms with Crippen LogP contribution in [0.15, 0.2) is 0 Å². The second-order valence-electron chi connectivity index (χ2n) is 15.4. The van der Waals surface area contributed by atoms with E-state index in [1.165, 1.54) is 77.0 Å².